The van der Waals surface area contributed by atoms with Gasteiger partial charge in [-0.3, -0.25) is 4.79 Å². The van der Waals surface area contributed by atoms with E-state index >= 15 is 0 Å². The number of carbonyl (C=O) groups excluding carboxylic acids is 1. The summed E-state index contributed by atoms with van der Waals surface area (Å²) in [5.41, 5.74) is 5.56. The van der Waals surface area contributed by atoms with Crippen LogP contribution in [0.2, 0.25) is 0 Å². The lowest BCUT2D eigenvalue weighted by molar-refractivity contribution is -0.123. The van der Waals surface area contributed by atoms with E-state index in [2.05, 4.69) is 17.1 Å². The smallest absolute Gasteiger partial charge is 0.229 e. The van der Waals surface area contributed by atoms with E-state index in [1.165, 1.54) is 0 Å². The van der Waals surface area contributed by atoms with Crippen LogP contribution in [-0.4, -0.2) is 42.0 Å². The summed E-state index contributed by atoms with van der Waals surface area (Å²) in [6.45, 7) is 8.29. The minimum absolute atomic E-state index is 0.0112. The van der Waals surface area contributed by atoms with Crippen molar-refractivity contribution in [2.45, 2.75) is 33.1 Å². The fourth-order valence-electron chi connectivity index (χ4n) is 2.39. The summed E-state index contributed by atoms with van der Waals surface area (Å²) >= 11 is 4.90. The number of nitrogens with one attached hydrogen (secondary N) is 1. The van der Waals surface area contributed by atoms with Gasteiger partial charge in [-0.1, -0.05) is 26.1 Å². The van der Waals surface area contributed by atoms with Gasteiger partial charge in [0, 0.05) is 6.54 Å². The van der Waals surface area contributed by atoms with Crippen molar-refractivity contribution in [1.29, 1.82) is 0 Å². The number of piperidine rings is 1. The molecule has 1 amide bonds. The quantitative estimate of drug-likeness (QED) is 0.712. The maximum Gasteiger partial charge on any atom is 0.229 e. The first-order valence-electron chi connectivity index (χ1n) is 6.87. The van der Waals surface area contributed by atoms with E-state index in [9.17, 15) is 4.79 Å². The van der Waals surface area contributed by atoms with Crippen molar-refractivity contribution in [3.8, 4) is 0 Å². The number of nitrogens with two attached hydrogens (primary N) is 1. The molecule has 0 radical (unpaired) electrons. The standard InChI is InChI=1S/C13H25N3OS/c1-3-11(12(14)18)13(17)15-9-10-5-7-16(4-2)8-6-10/h10-11H,3-9H2,1-2H3,(H2,14,18)(H,15,17). The summed E-state index contributed by atoms with van der Waals surface area (Å²) in [6.07, 6.45) is 3.01. The van der Waals surface area contributed by atoms with Crippen LogP contribution >= 0.6 is 12.2 Å². The summed E-state index contributed by atoms with van der Waals surface area (Å²) in [5, 5.41) is 2.99. The molecule has 5 heteroatoms. The van der Waals surface area contributed by atoms with Crippen molar-refractivity contribution in [2.24, 2.45) is 17.6 Å². The Morgan fingerprint density at radius 1 is 1.44 bits per heavy atom. The van der Waals surface area contributed by atoms with Gasteiger partial charge in [0.1, 0.15) is 0 Å². The van der Waals surface area contributed by atoms with Gasteiger partial charge < -0.3 is 16.0 Å². The van der Waals surface area contributed by atoms with E-state index in [4.69, 9.17) is 18.0 Å². The van der Waals surface area contributed by atoms with Gasteiger partial charge in [-0.2, -0.15) is 0 Å². The summed E-state index contributed by atoms with van der Waals surface area (Å²) in [5.74, 6) is 0.277. The molecule has 1 atom stereocenters. The Hall–Kier alpha value is -0.680. The second-order valence-electron chi connectivity index (χ2n) is 4.99. The Kier molecular flexibility index (Phi) is 6.57. The average Bonchev–Trinajstić information content (AvgIpc) is 2.37. The summed E-state index contributed by atoms with van der Waals surface area (Å²) in [7, 11) is 0. The third-order valence-corrected chi connectivity index (χ3v) is 4.07. The molecule has 18 heavy (non-hydrogen) atoms. The van der Waals surface area contributed by atoms with Crippen molar-refractivity contribution in [3.63, 3.8) is 0 Å². The first-order valence-corrected chi connectivity index (χ1v) is 7.28. The number of thiocarbonyl (C=S) groups is 1. The molecular weight excluding hydrogens is 246 g/mol. The van der Waals surface area contributed by atoms with Gasteiger partial charge in [0.2, 0.25) is 5.91 Å². The second-order valence-corrected chi connectivity index (χ2v) is 5.46. The van der Waals surface area contributed by atoms with Crippen LogP contribution in [0, 0.1) is 11.8 Å². The van der Waals surface area contributed by atoms with Crippen LogP contribution in [0.4, 0.5) is 0 Å². The number of amides is 1. The molecule has 104 valence electrons. The molecule has 0 aromatic heterocycles. The molecule has 0 spiro atoms. The third kappa shape index (κ3) is 4.53. The molecule has 1 aliphatic rings. The van der Waals surface area contributed by atoms with Crippen LogP contribution in [0.3, 0.4) is 0 Å². The lowest BCUT2D eigenvalue weighted by Crippen LogP contribution is -2.42. The lowest BCUT2D eigenvalue weighted by Gasteiger charge is -2.31. The van der Waals surface area contributed by atoms with Crippen LogP contribution in [0.15, 0.2) is 0 Å². The van der Waals surface area contributed by atoms with Crippen LogP contribution in [0.25, 0.3) is 0 Å². The number of rotatable bonds is 6. The Labute approximate surface area is 115 Å². The zero-order valence-electron chi connectivity index (χ0n) is 11.4. The zero-order valence-corrected chi connectivity index (χ0v) is 12.3. The molecular formula is C13H25N3OS. The van der Waals surface area contributed by atoms with E-state index in [1.807, 2.05) is 6.92 Å². The van der Waals surface area contributed by atoms with Gasteiger partial charge in [-0.15, -0.1) is 0 Å². The second kappa shape index (κ2) is 7.69. The van der Waals surface area contributed by atoms with E-state index in [-0.39, 0.29) is 11.8 Å². The van der Waals surface area contributed by atoms with Crippen LogP contribution in [0.5, 0.6) is 0 Å². The van der Waals surface area contributed by atoms with Crippen LogP contribution < -0.4 is 11.1 Å². The highest BCUT2D eigenvalue weighted by atomic mass is 32.1. The minimum Gasteiger partial charge on any atom is -0.393 e. The van der Waals surface area contributed by atoms with Gasteiger partial charge in [0.15, 0.2) is 0 Å². The first-order chi connectivity index (χ1) is 8.58. The highest BCUT2D eigenvalue weighted by molar-refractivity contribution is 7.80. The van der Waals surface area contributed by atoms with Gasteiger partial charge in [0.05, 0.1) is 10.9 Å². The Morgan fingerprint density at radius 3 is 2.50 bits per heavy atom. The number of hydrogen-bond acceptors (Lipinski definition) is 3. The minimum atomic E-state index is -0.310. The van der Waals surface area contributed by atoms with Crippen molar-refractivity contribution >= 4 is 23.1 Å². The molecule has 0 bridgehead atoms. The fourth-order valence-corrected chi connectivity index (χ4v) is 2.66. The summed E-state index contributed by atoms with van der Waals surface area (Å²) < 4.78 is 0. The van der Waals surface area contributed by atoms with E-state index in [0.717, 1.165) is 39.0 Å². The number of carbonyl (C=O) groups is 1. The van der Waals surface area contributed by atoms with E-state index < -0.39 is 0 Å². The maximum atomic E-state index is 11.9. The topological polar surface area (TPSA) is 58.4 Å². The number of likely N-dealkylation sites (tertiary alicyclic amines) is 1. The van der Waals surface area contributed by atoms with Crippen molar-refractivity contribution in [3.05, 3.63) is 0 Å². The van der Waals surface area contributed by atoms with Crippen molar-refractivity contribution in [1.82, 2.24) is 10.2 Å². The molecule has 1 unspecified atom stereocenters. The fraction of sp³-hybridized carbons (Fsp3) is 0.846. The zero-order chi connectivity index (χ0) is 13.5. The summed E-state index contributed by atoms with van der Waals surface area (Å²) in [6, 6.07) is 0. The molecule has 0 saturated carbocycles. The Bertz CT molecular complexity index is 288. The van der Waals surface area contributed by atoms with Gasteiger partial charge in [-0.05, 0) is 44.8 Å². The van der Waals surface area contributed by atoms with E-state index in [0.29, 0.717) is 17.3 Å². The van der Waals surface area contributed by atoms with Crippen molar-refractivity contribution < 1.29 is 4.79 Å². The Balaban J connectivity index is 2.29. The molecule has 1 fully saturated rings. The highest BCUT2D eigenvalue weighted by Crippen LogP contribution is 2.16. The predicted molar refractivity (Wildman–Crippen MR) is 78.4 cm³/mol. The van der Waals surface area contributed by atoms with Gasteiger partial charge in [-0.25, -0.2) is 0 Å². The molecule has 1 heterocycles. The molecule has 1 saturated heterocycles. The monoisotopic (exact) mass is 271 g/mol. The van der Waals surface area contributed by atoms with E-state index in [1.54, 1.807) is 0 Å². The SMILES string of the molecule is CCC(C(=O)NCC1CCN(CC)CC1)C(N)=S. The molecule has 0 aromatic rings. The van der Waals surface area contributed by atoms with Crippen LogP contribution in [-0.2, 0) is 4.79 Å². The molecule has 0 aromatic carbocycles. The van der Waals surface area contributed by atoms with Crippen molar-refractivity contribution in [2.75, 3.05) is 26.2 Å². The number of nitrogens with zero attached hydrogens (tertiary/aromatic N) is 1. The molecule has 1 rings (SSSR count). The van der Waals surface area contributed by atoms with Crippen LogP contribution in [0.1, 0.15) is 33.1 Å². The van der Waals surface area contributed by atoms with Gasteiger partial charge >= 0.3 is 0 Å². The third-order valence-electron chi connectivity index (χ3n) is 3.79. The lowest BCUT2D eigenvalue weighted by atomic mass is 9.96. The maximum absolute atomic E-state index is 11.9. The van der Waals surface area contributed by atoms with Gasteiger partial charge in [0.25, 0.3) is 0 Å². The molecule has 3 N–H and O–H groups in total. The normalized spacial score (nSPS) is 19.4. The first kappa shape index (κ1) is 15.4. The number of hydrogen-bond donors (Lipinski definition) is 2. The molecule has 0 aliphatic carbocycles. The summed E-state index contributed by atoms with van der Waals surface area (Å²) in [4.78, 5) is 14.6. The molecule has 4 nitrogen and oxygen atoms in total. The molecule has 1 aliphatic heterocycles. The largest absolute Gasteiger partial charge is 0.393 e. The highest BCUT2D eigenvalue weighted by Gasteiger charge is 2.22. The average molecular weight is 271 g/mol. The predicted octanol–water partition coefficient (Wildman–Crippen LogP) is 1.15. The Morgan fingerprint density at radius 2 is 2.06 bits per heavy atom.